The molecular weight excluding hydrogens is 468 g/mol. The van der Waals surface area contributed by atoms with Gasteiger partial charge in [-0.05, 0) is 43.3 Å². The van der Waals surface area contributed by atoms with Gasteiger partial charge in [-0.25, -0.2) is 8.42 Å². The fourth-order valence-corrected chi connectivity index (χ4v) is 5.62. The van der Waals surface area contributed by atoms with E-state index in [4.69, 9.17) is 4.74 Å². The predicted octanol–water partition coefficient (Wildman–Crippen LogP) is 4.05. The van der Waals surface area contributed by atoms with Crippen molar-refractivity contribution in [1.82, 2.24) is 10.2 Å². The van der Waals surface area contributed by atoms with Crippen LogP contribution in [0.4, 0.5) is 10.8 Å². The van der Waals surface area contributed by atoms with Crippen molar-refractivity contribution in [2.24, 2.45) is 0 Å². The molecule has 0 saturated heterocycles. The third-order valence-corrected chi connectivity index (χ3v) is 7.79. The van der Waals surface area contributed by atoms with Gasteiger partial charge >= 0.3 is 0 Å². The minimum atomic E-state index is -3.99. The van der Waals surface area contributed by atoms with Gasteiger partial charge in [0, 0.05) is 5.75 Å². The molecule has 0 aliphatic heterocycles. The Morgan fingerprint density at radius 1 is 1.19 bits per heavy atom. The molecule has 0 fully saturated rings. The second-order valence-corrected chi connectivity index (χ2v) is 10.4. The van der Waals surface area contributed by atoms with Crippen molar-refractivity contribution in [3.05, 3.63) is 67.3 Å². The second kappa shape index (κ2) is 11.1. The molecule has 168 valence electrons. The van der Waals surface area contributed by atoms with Crippen LogP contribution in [0, 0.1) is 0 Å². The maximum absolute atomic E-state index is 13.3. The van der Waals surface area contributed by atoms with Crippen molar-refractivity contribution in [2.75, 3.05) is 28.5 Å². The van der Waals surface area contributed by atoms with Gasteiger partial charge in [0.25, 0.3) is 10.0 Å². The highest BCUT2D eigenvalue weighted by atomic mass is 32.2. The van der Waals surface area contributed by atoms with Gasteiger partial charge in [0.15, 0.2) is 4.34 Å². The van der Waals surface area contributed by atoms with Crippen LogP contribution in [0.3, 0.4) is 0 Å². The highest BCUT2D eigenvalue weighted by Gasteiger charge is 2.27. The lowest BCUT2D eigenvalue weighted by molar-refractivity contribution is -0.114. The molecule has 1 aromatic heterocycles. The quantitative estimate of drug-likeness (QED) is 0.246. The first kappa shape index (κ1) is 23.8. The van der Waals surface area contributed by atoms with Gasteiger partial charge in [-0.15, -0.1) is 16.8 Å². The van der Waals surface area contributed by atoms with E-state index in [-0.39, 0.29) is 4.90 Å². The van der Waals surface area contributed by atoms with Crippen molar-refractivity contribution in [3.63, 3.8) is 0 Å². The van der Waals surface area contributed by atoms with E-state index in [2.05, 4.69) is 22.1 Å². The first-order valence-corrected chi connectivity index (χ1v) is 12.9. The summed E-state index contributed by atoms with van der Waals surface area (Å²) in [7, 11) is -3.99. The Morgan fingerprint density at radius 2 is 1.91 bits per heavy atom. The van der Waals surface area contributed by atoms with E-state index in [1.165, 1.54) is 35.2 Å². The fraction of sp³-hybridized carbons (Fsp3) is 0.190. The number of anilines is 2. The third-order valence-electron chi connectivity index (χ3n) is 4.03. The van der Waals surface area contributed by atoms with Gasteiger partial charge in [-0.1, -0.05) is 47.4 Å². The zero-order valence-corrected chi connectivity index (χ0v) is 19.8. The number of hydrogen-bond donors (Lipinski definition) is 1. The molecule has 0 saturated carbocycles. The third kappa shape index (κ3) is 6.09. The van der Waals surface area contributed by atoms with E-state index in [0.717, 1.165) is 4.31 Å². The number of rotatable bonds is 11. The average molecular weight is 491 g/mol. The minimum Gasteiger partial charge on any atom is -0.494 e. The van der Waals surface area contributed by atoms with Crippen LogP contribution < -0.4 is 14.4 Å². The Balaban J connectivity index is 1.84. The molecule has 0 spiro atoms. The molecule has 8 nitrogen and oxygen atoms in total. The monoisotopic (exact) mass is 490 g/mol. The normalized spacial score (nSPS) is 11.0. The van der Waals surface area contributed by atoms with Crippen molar-refractivity contribution >= 4 is 49.8 Å². The molecule has 0 bridgehead atoms. The Hall–Kier alpha value is -2.89. The lowest BCUT2D eigenvalue weighted by Crippen LogP contribution is -2.38. The molecule has 0 aliphatic rings. The largest absolute Gasteiger partial charge is 0.494 e. The van der Waals surface area contributed by atoms with Gasteiger partial charge in [0.1, 0.15) is 12.3 Å². The fourth-order valence-electron chi connectivity index (χ4n) is 2.65. The summed E-state index contributed by atoms with van der Waals surface area (Å²) in [5.41, 5.74) is 0.340. The Morgan fingerprint density at radius 3 is 2.56 bits per heavy atom. The molecule has 11 heteroatoms. The SMILES string of the molecule is C=CCSc1nnc(NC(=O)CN(c2ccc(OCC)cc2)S(=O)(=O)c2ccccc2)s1. The zero-order valence-electron chi connectivity index (χ0n) is 17.3. The lowest BCUT2D eigenvalue weighted by Gasteiger charge is -2.24. The zero-order chi connectivity index (χ0) is 23.0. The Kier molecular flexibility index (Phi) is 8.26. The van der Waals surface area contributed by atoms with Crippen LogP contribution in [0.5, 0.6) is 5.75 Å². The Bertz CT molecular complexity index is 1150. The number of ether oxygens (including phenoxy) is 1. The number of nitrogens with zero attached hydrogens (tertiary/aromatic N) is 3. The summed E-state index contributed by atoms with van der Waals surface area (Å²) in [6, 6.07) is 14.5. The van der Waals surface area contributed by atoms with Gasteiger partial charge in [-0.2, -0.15) is 0 Å². The summed E-state index contributed by atoms with van der Waals surface area (Å²) in [6.07, 6.45) is 1.74. The minimum absolute atomic E-state index is 0.0840. The summed E-state index contributed by atoms with van der Waals surface area (Å²) < 4.78 is 33.8. The van der Waals surface area contributed by atoms with E-state index in [0.29, 0.717) is 33.3 Å². The summed E-state index contributed by atoms with van der Waals surface area (Å²) >= 11 is 2.66. The number of carbonyl (C=O) groups is 1. The predicted molar refractivity (Wildman–Crippen MR) is 128 cm³/mol. The summed E-state index contributed by atoms with van der Waals surface area (Å²) in [6.45, 7) is 5.57. The first-order valence-electron chi connectivity index (χ1n) is 9.61. The average Bonchev–Trinajstić information content (AvgIpc) is 3.24. The summed E-state index contributed by atoms with van der Waals surface area (Å²) in [5.74, 6) is 0.745. The van der Waals surface area contributed by atoms with E-state index in [1.807, 2.05) is 6.92 Å². The number of benzene rings is 2. The van der Waals surface area contributed by atoms with Gasteiger partial charge < -0.3 is 4.74 Å². The van der Waals surface area contributed by atoms with Crippen molar-refractivity contribution in [3.8, 4) is 5.75 Å². The highest BCUT2D eigenvalue weighted by molar-refractivity contribution is 8.01. The van der Waals surface area contributed by atoms with Crippen LogP contribution in [0.25, 0.3) is 0 Å². The van der Waals surface area contributed by atoms with Gasteiger partial charge in [0.05, 0.1) is 17.2 Å². The summed E-state index contributed by atoms with van der Waals surface area (Å²) in [5, 5.41) is 10.9. The van der Waals surface area contributed by atoms with Crippen LogP contribution in [0.1, 0.15) is 6.92 Å². The van der Waals surface area contributed by atoms with Crippen molar-refractivity contribution in [1.29, 1.82) is 0 Å². The molecular formula is C21H22N4O4S3. The van der Waals surface area contributed by atoms with Gasteiger partial charge in [0.2, 0.25) is 11.0 Å². The number of aromatic nitrogens is 2. The second-order valence-electron chi connectivity index (χ2n) is 6.27. The van der Waals surface area contributed by atoms with Crippen molar-refractivity contribution in [2.45, 2.75) is 16.2 Å². The van der Waals surface area contributed by atoms with Crippen LogP contribution in [-0.2, 0) is 14.8 Å². The maximum atomic E-state index is 13.3. The number of nitrogens with one attached hydrogen (secondary N) is 1. The van der Waals surface area contributed by atoms with Crippen LogP contribution in [-0.4, -0.2) is 43.4 Å². The summed E-state index contributed by atoms with van der Waals surface area (Å²) in [4.78, 5) is 12.8. The Labute approximate surface area is 195 Å². The van der Waals surface area contributed by atoms with E-state index < -0.39 is 22.5 Å². The number of carbonyl (C=O) groups excluding carboxylic acids is 1. The highest BCUT2D eigenvalue weighted by Crippen LogP contribution is 2.27. The van der Waals surface area contributed by atoms with E-state index >= 15 is 0 Å². The smallest absolute Gasteiger partial charge is 0.264 e. The molecule has 0 aliphatic carbocycles. The number of sulfonamides is 1. The van der Waals surface area contributed by atoms with Crippen LogP contribution in [0.15, 0.2) is 76.5 Å². The standard InChI is InChI=1S/C21H22N4O4S3/c1-3-14-30-21-24-23-20(31-21)22-19(26)15-25(16-10-12-17(13-11-16)29-4-2)32(27,28)18-8-6-5-7-9-18/h3,5-13H,1,4,14-15H2,2H3,(H,22,23,26). The lowest BCUT2D eigenvalue weighted by atomic mass is 10.3. The number of thioether (sulfide) groups is 1. The molecule has 0 atom stereocenters. The molecule has 1 N–H and O–H groups in total. The number of amides is 1. The van der Waals surface area contributed by atoms with Crippen LogP contribution >= 0.6 is 23.1 Å². The molecule has 32 heavy (non-hydrogen) atoms. The molecule has 0 radical (unpaired) electrons. The van der Waals surface area contributed by atoms with E-state index in [1.54, 1.807) is 48.5 Å². The molecule has 0 unspecified atom stereocenters. The molecule has 1 heterocycles. The first-order chi connectivity index (χ1) is 15.4. The van der Waals surface area contributed by atoms with E-state index in [9.17, 15) is 13.2 Å². The van der Waals surface area contributed by atoms with Crippen LogP contribution in [0.2, 0.25) is 0 Å². The molecule has 2 aromatic carbocycles. The molecule has 1 amide bonds. The number of hydrogen-bond acceptors (Lipinski definition) is 8. The van der Waals surface area contributed by atoms with Crippen molar-refractivity contribution < 1.29 is 17.9 Å². The molecule has 3 rings (SSSR count). The molecule has 3 aromatic rings. The maximum Gasteiger partial charge on any atom is 0.264 e. The topological polar surface area (TPSA) is 101 Å². The van der Waals surface area contributed by atoms with Gasteiger partial charge in [-0.3, -0.25) is 14.4 Å².